The van der Waals surface area contributed by atoms with Crippen LogP contribution in [0.25, 0.3) is 0 Å². The molecule has 1 unspecified atom stereocenters. The number of likely N-dealkylation sites (tertiary alicyclic amines) is 1. The van der Waals surface area contributed by atoms with Crippen molar-refractivity contribution >= 4 is 6.09 Å². The van der Waals surface area contributed by atoms with Crippen LogP contribution in [0.2, 0.25) is 0 Å². The van der Waals surface area contributed by atoms with Crippen molar-refractivity contribution in [2.45, 2.75) is 64.5 Å². The number of carbonyl (C=O) groups excluding carboxylic acids is 1. The van der Waals surface area contributed by atoms with E-state index in [4.69, 9.17) is 4.74 Å². The zero-order valence-corrected chi connectivity index (χ0v) is 14.5. The van der Waals surface area contributed by atoms with E-state index in [1.807, 2.05) is 25.7 Å². The Hall–Kier alpha value is -0.810. The Morgan fingerprint density at radius 2 is 1.91 bits per heavy atom. The number of piperidine rings is 1. The molecule has 0 aromatic heterocycles. The Kier molecular flexibility index (Phi) is 6.50. The molecule has 0 aromatic rings. The highest BCUT2D eigenvalue weighted by Crippen LogP contribution is 2.17. The van der Waals surface area contributed by atoms with Gasteiger partial charge in [0, 0.05) is 19.1 Å². The lowest BCUT2D eigenvalue weighted by atomic mass is 9.97. The molecule has 2 fully saturated rings. The Morgan fingerprint density at radius 1 is 1.18 bits per heavy atom. The van der Waals surface area contributed by atoms with Gasteiger partial charge in [0.05, 0.1) is 0 Å². The van der Waals surface area contributed by atoms with Crippen LogP contribution in [0.4, 0.5) is 4.79 Å². The van der Waals surface area contributed by atoms with Crippen molar-refractivity contribution in [3.63, 3.8) is 0 Å². The molecule has 22 heavy (non-hydrogen) atoms. The molecule has 0 bridgehead atoms. The number of carbonyl (C=O) groups is 1. The van der Waals surface area contributed by atoms with Crippen LogP contribution >= 0.6 is 0 Å². The molecular formula is C17H33N3O2. The SMILES string of the molecule is CC(C)(C)OC(=O)N1CCCC(NCC2CCNCC2)CC1. The van der Waals surface area contributed by atoms with Crippen molar-refractivity contribution in [1.82, 2.24) is 15.5 Å². The fraction of sp³-hybridized carbons (Fsp3) is 0.941. The summed E-state index contributed by atoms with van der Waals surface area (Å²) < 4.78 is 5.48. The molecule has 2 aliphatic heterocycles. The molecule has 0 spiro atoms. The van der Waals surface area contributed by atoms with Crippen molar-refractivity contribution in [2.75, 3.05) is 32.7 Å². The number of hydrogen-bond acceptors (Lipinski definition) is 4. The normalized spacial score (nSPS) is 24.9. The molecule has 2 saturated heterocycles. The van der Waals surface area contributed by atoms with Gasteiger partial charge in [-0.1, -0.05) is 0 Å². The van der Waals surface area contributed by atoms with E-state index < -0.39 is 5.60 Å². The maximum Gasteiger partial charge on any atom is 0.410 e. The summed E-state index contributed by atoms with van der Waals surface area (Å²) in [5, 5.41) is 7.15. The van der Waals surface area contributed by atoms with Crippen LogP contribution in [-0.2, 0) is 4.74 Å². The Balaban J connectivity index is 1.71. The first-order valence-electron chi connectivity index (χ1n) is 8.86. The average Bonchev–Trinajstić information content (AvgIpc) is 2.70. The summed E-state index contributed by atoms with van der Waals surface area (Å²) in [4.78, 5) is 14.0. The summed E-state index contributed by atoms with van der Waals surface area (Å²) >= 11 is 0. The zero-order chi connectivity index (χ0) is 16.0. The second-order valence-corrected chi connectivity index (χ2v) is 7.70. The lowest BCUT2D eigenvalue weighted by Gasteiger charge is -2.27. The van der Waals surface area contributed by atoms with Gasteiger partial charge in [-0.15, -0.1) is 0 Å². The van der Waals surface area contributed by atoms with E-state index in [-0.39, 0.29) is 6.09 Å². The van der Waals surface area contributed by atoms with Crippen LogP contribution < -0.4 is 10.6 Å². The summed E-state index contributed by atoms with van der Waals surface area (Å²) in [5.41, 5.74) is -0.407. The first-order chi connectivity index (χ1) is 10.4. The number of rotatable bonds is 3. The molecule has 0 radical (unpaired) electrons. The first kappa shape index (κ1) is 17.5. The fourth-order valence-corrected chi connectivity index (χ4v) is 3.23. The van der Waals surface area contributed by atoms with Gasteiger partial charge in [0.1, 0.15) is 5.60 Å². The molecule has 2 heterocycles. The number of amides is 1. The molecule has 0 aliphatic carbocycles. The smallest absolute Gasteiger partial charge is 0.410 e. The predicted octanol–water partition coefficient (Wildman–Crippen LogP) is 2.37. The third kappa shape index (κ3) is 6.13. The van der Waals surface area contributed by atoms with Crippen molar-refractivity contribution < 1.29 is 9.53 Å². The molecule has 1 atom stereocenters. The van der Waals surface area contributed by atoms with Gasteiger partial charge in [0.2, 0.25) is 0 Å². The highest BCUT2D eigenvalue weighted by Gasteiger charge is 2.25. The van der Waals surface area contributed by atoms with E-state index in [1.165, 1.54) is 12.8 Å². The lowest BCUT2D eigenvalue weighted by Crippen LogP contribution is -2.39. The molecule has 1 amide bonds. The third-order valence-electron chi connectivity index (χ3n) is 4.53. The molecule has 5 heteroatoms. The van der Waals surface area contributed by atoms with Gasteiger partial charge in [0.15, 0.2) is 0 Å². The maximum atomic E-state index is 12.2. The molecule has 2 aliphatic rings. The van der Waals surface area contributed by atoms with Crippen LogP contribution in [0.1, 0.15) is 52.9 Å². The van der Waals surface area contributed by atoms with Gasteiger partial charge >= 0.3 is 6.09 Å². The topological polar surface area (TPSA) is 53.6 Å². The summed E-state index contributed by atoms with van der Waals surface area (Å²) in [7, 11) is 0. The van der Waals surface area contributed by atoms with Crippen molar-refractivity contribution in [3.05, 3.63) is 0 Å². The van der Waals surface area contributed by atoms with Crippen LogP contribution in [0.15, 0.2) is 0 Å². The third-order valence-corrected chi connectivity index (χ3v) is 4.53. The van der Waals surface area contributed by atoms with E-state index in [2.05, 4.69) is 10.6 Å². The van der Waals surface area contributed by atoms with Gasteiger partial charge in [-0.05, 0) is 78.4 Å². The molecule has 0 saturated carbocycles. The highest BCUT2D eigenvalue weighted by atomic mass is 16.6. The Labute approximate surface area is 135 Å². The number of nitrogens with zero attached hydrogens (tertiary/aromatic N) is 1. The first-order valence-corrected chi connectivity index (χ1v) is 8.86. The second kappa shape index (κ2) is 8.16. The highest BCUT2D eigenvalue weighted by molar-refractivity contribution is 5.68. The minimum Gasteiger partial charge on any atom is -0.444 e. The van der Waals surface area contributed by atoms with E-state index in [1.54, 1.807) is 0 Å². The van der Waals surface area contributed by atoms with Crippen LogP contribution in [0.5, 0.6) is 0 Å². The van der Waals surface area contributed by atoms with E-state index in [0.717, 1.165) is 57.9 Å². The fourth-order valence-electron chi connectivity index (χ4n) is 3.23. The van der Waals surface area contributed by atoms with Crippen molar-refractivity contribution in [3.8, 4) is 0 Å². The largest absolute Gasteiger partial charge is 0.444 e. The monoisotopic (exact) mass is 311 g/mol. The van der Waals surface area contributed by atoms with Crippen LogP contribution in [-0.4, -0.2) is 55.4 Å². The standard InChI is InChI=1S/C17H33N3O2/c1-17(2,3)22-16(21)20-11-4-5-15(8-12-20)19-13-14-6-9-18-10-7-14/h14-15,18-19H,4-13H2,1-3H3. The van der Waals surface area contributed by atoms with Gasteiger partial charge in [-0.2, -0.15) is 0 Å². The van der Waals surface area contributed by atoms with Gasteiger partial charge < -0.3 is 20.3 Å². The molecule has 0 aromatic carbocycles. The summed E-state index contributed by atoms with van der Waals surface area (Å²) in [6.45, 7) is 10.8. The van der Waals surface area contributed by atoms with Crippen LogP contribution in [0.3, 0.4) is 0 Å². The summed E-state index contributed by atoms with van der Waals surface area (Å²) in [6.07, 6.45) is 5.65. The molecule has 2 rings (SSSR count). The van der Waals surface area contributed by atoms with Gasteiger partial charge in [-0.25, -0.2) is 4.79 Å². The molecule has 2 N–H and O–H groups in total. The van der Waals surface area contributed by atoms with Gasteiger partial charge in [0.25, 0.3) is 0 Å². The minimum absolute atomic E-state index is 0.161. The quantitative estimate of drug-likeness (QED) is 0.840. The van der Waals surface area contributed by atoms with Crippen molar-refractivity contribution in [1.29, 1.82) is 0 Å². The predicted molar refractivity (Wildman–Crippen MR) is 89.0 cm³/mol. The van der Waals surface area contributed by atoms with E-state index >= 15 is 0 Å². The van der Waals surface area contributed by atoms with Crippen molar-refractivity contribution in [2.24, 2.45) is 5.92 Å². The number of nitrogens with one attached hydrogen (secondary N) is 2. The minimum atomic E-state index is -0.407. The maximum absolute atomic E-state index is 12.2. The van der Waals surface area contributed by atoms with Crippen LogP contribution in [0, 0.1) is 5.92 Å². The van der Waals surface area contributed by atoms with E-state index in [9.17, 15) is 4.79 Å². The molecule has 5 nitrogen and oxygen atoms in total. The van der Waals surface area contributed by atoms with E-state index in [0.29, 0.717) is 6.04 Å². The Bertz CT molecular complexity index is 348. The summed E-state index contributed by atoms with van der Waals surface area (Å²) in [6, 6.07) is 0.544. The van der Waals surface area contributed by atoms with Gasteiger partial charge in [-0.3, -0.25) is 0 Å². The zero-order valence-electron chi connectivity index (χ0n) is 14.5. The molecular weight excluding hydrogens is 278 g/mol. The number of hydrogen-bond donors (Lipinski definition) is 2. The average molecular weight is 311 g/mol. The Morgan fingerprint density at radius 3 is 2.59 bits per heavy atom. The molecule has 128 valence electrons. The lowest BCUT2D eigenvalue weighted by molar-refractivity contribution is 0.0256. The second-order valence-electron chi connectivity index (χ2n) is 7.70. The number of ether oxygens (including phenoxy) is 1. The summed E-state index contributed by atoms with van der Waals surface area (Å²) in [5.74, 6) is 0.812.